The molecule has 1 amide bonds. The van der Waals surface area contributed by atoms with Crippen LogP contribution in [-0.4, -0.2) is 27.9 Å². The Labute approximate surface area is 179 Å². The van der Waals surface area contributed by atoms with Crippen molar-refractivity contribution >= 4 is 34.2 Å². The average Bonchev–Trinajstić information content (AvgIpc) is 3.14. The Morgan fingerprint density at radius 2 is 1.94 bits per heavy atom. The highest BCUT2D eigenvalue weighted by Crippen LogP contribution is 2.37. The molecule has 168 valence electrons. The molecule has 11 heteroatoms. The molecule has 0 saturated carbocycles. The van der Waals surface area contributed by atoms with Crippen molar-refractivity contribution in [2.24, 2.45) is 0 Å². The third-order valence-electron chi connectivity index (χ3n) is 4.73. The number of carbonyl (C=O) groups excluding carboxylic acids is 2. The van der Waals surface area contributed by atoms with E-state index in [1.54, 1.807) is 6.20 Å². The monoisotopic (exact) mass is 449 g/mol. The van der Waals surface area contributed by atoms with Crippen LogP contribution in [0.25, 0.3) is 10.9 Å². The summed E-state index contributed by atoms with van der Waals surface area (Å²) in [5.41, 5.74) is -1.03. The van der Waals surface area contributed by atoms with Crippen LogP contribution >= 0.6 is 0 Å². The summed E-state index contributed by atoms with van der Waals surface area (Å²) in [6.45, 7) is 1.22. The van der Waals surface area contributed by atoms with Gasteiger partial charge in [-0.25, -0.2) is 0 Å². The SMILES string of the molecule is CC(OC(=O)CCc1c[nH]c2ccccc12)C(=O)Nc1ccc([N+](=O)[O-])cc1C(F)(F)F. The summed E-state index contributed by atoms with van der Waals surface area (Å²) in [6, 6.07) is 9.45. The number of H-pyrrole nitrogens is 1. The van der Waals surface area contributed by atoms with E-state index in [2.05, 4.69) is 4.98 Å². The number of nitrogens with one attached hydrogen (secondary N) is 2. The summed E-state index contributed by atoms with van der Waals surface area (Å²) in [6.07, 6.45) is -4.24. The summed E-state index contributed by atoms with van der Waals surface area (Å²) in [4.78, 5) is 37.2. The highest BCUT2D eigenvalue weighted by molar-refractivity contribution is 5.96. The summed E-state index contributed by atoms with van der Waals surface area (Å²) >= 11 is 0. The van der Waals surface area contributed by atoms with Crippen LogP contribution in [0.1, 0.15) is 24.5 Å². The second-order valence-corrected chi connectivity index (χ2v) is 6.97. The van der Waals surface area contributed by atoms with Crippen LogP contribution in [0, 0.1) is 10.1 Å². The highest BCUT2D eigenvalue weighted by atomic mass is 19.4. The van der Waals surface area contributed by atoms with Crippen LogP contribution in [0.5, 0.6) is 0 Å². The van der Waals surface area contributed by atoms with E-state index in [0.29, 0.717) is 12.5 Å². The van der Waals surface area contributed by atoms with E-state index in [9.17, 15) is 32.9 Å². The summed E-state index contributed by atoms with van der Waals surface area (Å²) < 4.78 is 44.7. The number of benzene rings is 2. The largest absolute Gasteiger partial charge is 0.453 e. The molecule has 3 rings (SSSR count). The quantitative estimate of drug-likeness (QED) is 0.311. The Morgan fingerprint density at radius 3 is 2.62 bits per heavy atom. The first-order valence-electron chi connectivity index (χ1n) is 9.47. The smallest absolute Gasteiger partial charge is 0.418 e. The van der Waals surface area contributed by atoms with E-state index in [1.807, 2.05) is 29.6 Å². The predicted molar refractivity (Wildman–Crippen MR) is 109 cm³/mol. The first-order valence-corrected chi connectivity index (χ1v) is 9.47. The summed E-state index contributed by atoms with van der Waals surface area (Å²) in [5, 5.41) is 13.7. The second kappa shape index (κ2) is 9.08. The van der Waals surface area contributed by atoms with E-state index in [4.69, 9.17) is 4.74 Å². The molecule has 32 heavy (non-hydrogen) atoms. The lowest BCUT2D eigenvalue weighted by Gasteiger charge is -2.17. The maximum absolute atomic E-state index is 13.2. The molecular formula is C21H18F3N3O5. The van der Waals surface area contributed by atoms with Gasteiger partial charge in [-0.15, -0.1) is 0 Å². The van der Waals surface area contributed by atoms with Gasteiger partial charge in [-0.1, -0.05) is 18.2 Å². The lowest BCUT2D eigenvalue weighted by molar-refractivity contribution is -0.385. The number of aryl methyl sites for hydroxylation is 1. The van der Waals surface area contributed by atoms with Gasteiger partial charge in [0.1, 0.15) is 0 Å². The maximum atomic E-state index is 13.2. The van der Waals surface area contributed by atoms with Crippen LogP contribution in [0.3, 0.4) is 0 Å². The molecule has 0 fully saturated rings. The third-order valence-corrected chi connectivity index (χ3v) is 4.73. The number of rotatable bonds is 7. The molecule has 8 nitrogen and oxygen atoms in total. The van der Waals surface area contributed by atoms with E-state index in [0.717, 1.165) is 28.6 Å². The van der Waals surface area contributed by atoms with Crippen LogP contribution < -0.4 is 5.32 Å². The number of carbonyl (C=O) groups is 2. The number of amides is 1. The van der Waals surface area contributed by atoms with E-state index >= 15 is 0 Å². The van der Waals surface area contributed by atoms with Crippen molar-refractivity contribution in [1.82, 2.24) is 4.98 Å². The van der Waals surface area contributed by atoms with E-state index < -0.39 is 46.0 Å². The van der Waals surface area contributed by atoms with Crippen molar-refractivity contribution in [3.8, 4) is 0 Å². The van der Waals surface area contributed by atoms with Crippen molar-refractivity contribution in [1.29, 1.82) is 0 Å². The highest BCUT2D eigenvalue weighted by Gasteiger charge is 2.36. The van der Waals surface area contributed by atoms with Crippen LogP contribution in [0.2, 0.25) is 0 Å². The third kappa shape index (κ3) is 5.23. The van der Waals surface area contributed by atoms with Gasteiger partial charge >= 0.3 is 12.1 Å². The summed E-state index contributed by atoms with van der Waals surface area (Å²) in [5.74, 6) is -1.69. The van der Waals surface area contributed by atoms with Gasteiger partial charge in [0.15, 0.2) is 6.10 Å². The van der Waals surface area contributed by atoms with Crippen molar-refractivity contribution < 1.29 is 32.4 Å². The number of nitrogens with zero attached hydrogens (tertiary/aromatic N) is 1. The number of anilines is 1. The normalized spacial score (nSPS) is 12.4. The van der Waals surface area contributed by atoms with E-state index in [1.165, 1.54) is 6.92 Å². The molecule has 1 aromatic heterocycles. The molecule has 3 aromatic rings. The Bertz CT molecular complexity index is 1170. The fraction of sp³-hybridized carbons (Fsp3) is 0.238. The fourth-order valence-corrected chi connectivity index (χ4v) is 3.11. The number of halogens is 3. The molecule has 1 atom stereocenters. The van der Waals surface area contributed by atoms with Gasteiger partial charge in [-0.2, -0.15) is 13.2 Å². The number of fused-ring (bicyclic) bond motifs is 1. The molecule has 0 aliphatic carbocycles. The topological polar surface area (TPSA) is 114 Å². The van der Waals surface area contributed by atoms with Crippen LogP contribution in [0.4, 0.5) is 24.5 Å². The molecule has 0 aliphatic rings. The number of nitro groups is 1. The maximum Gasteiger partial charge on any atom is 0.418 e. The minimum atomic E-state index is -4.94. The van der Waals surface area contributed by atoms with Gasteiger partial charge in [0, 0.05) is 35.7 Å². The minimum absolute atomic E-state index is 0.0369. The van der Waals surface area contributed by atoms with Gasteiger partial charge in [-0.05, 0) is 31.0 Å². The van der Waals surface area contributed by atoms with Crippen molar-refractivity contribution in [2.75, 3.05) is 5.32 Å². The van der Waals surface area contributed by atoms with Gasteiger partial charge in [0.2, 0.25) is 0 Å². The number of hydrogen-bond acceptors (Lipinski definition) is 5. The fourth-order valence-electron chi connectivity index (χ4n) is 3.11. The Morgan fingerprint density at radius 1 is 1.22 bits per heavy atom. The molecule has 2 aromatic carbocycles. The van der Waals surface area contributed by atoms with Gasteiger partial charge < -0.3 is 15.0 Å². The Kier molecular flexibility index (Phi) is 6.47. The first-order chi connectivity index (χ1) is 15.1. The number of ether oxygens (including phenoxy) is 1. The molecule has 2 N–H and O–H groups in total. The van der Waals surface area contributed by atoms with Gasteiger partial charge in [0.05, 0.1) is 16.2 Å². The standard InChI is InChI=1S/C21H18F3N3O5/c1-12(32-19(28)9-6-13-11-25-17-5-3-2-4-15(13)17)20(29)26-18-8-7-14(27(30)31)10-16(18)21(22,23)24/h2-5,7-8,10-12,25H,6,9H2,1H3,(H,26,29). The van der Waals surface area contributed by atoms with Crippen molar-refractivity contribution in [3.05, 3.63) is 69.9 Å². The molecule has 1 unspecified atom stereocenters. The van der Waals surface area contributed by atoms with Crippen molar-refractivity contribution in [3.63, 3.8) is 0 Å². The summed E-state index contributed by atoms with van der Waals surface area (Å²) in [7, 11) is 0. The molecule has 0 saturated heterocycles. The zero-order chi connectivity index (χ0) is 23.5. The number of aromatic nitrogens is 1. The zero-order valence-electron chi connectivity index (χ0n) is 16.7. The molecule has 1 heterocycles. The van der Waals surface area contributed by atoms with E-state index in [-0.39, 0.29) is 6.42 Å². The van der Waals surface area contributed by atoms with Crippen molar-refractivity contribution in [2.45, 2.75) is 32.0 Å². The van der Waals surface area contributed by atoms with Gasteiger partial charge in [-0.3, -0.25) is 19.7 Å². The minimum Gasteiger partial charge on any atom is -0.453 e. The molecule has 0 radical (unpaired) electrons. The number of hydrogen-bond donors (Lipinski definition) is 2. The zero-order valence-corrected chi connectivity index (χ0v) is 16.7. The average molecular weight is 449 g/mol. The first kappa shape index (κ1) is 22.8. The molecule has 0 spiro atoms. The number of aromatic amines is 1. The predicted octanol–water partition coefficient (Wildman–Crippen LogP) is 4.60. The number of nitro benzene ring substituents is 1. The number of alkyl halides is 3. The lowest BCUT2D eigenvalue weighted by atomic mass is 10.1. The molecule has 0 bridgehead atoms. The lowest BCUT2D eigenvalue weighted by Crippen LogP contribution is -2.30. The number of non-ortho nitro benzene ring substituents is 1. The number of para-hydroxylation sites is 1. The van der Waals surface area contributed by atoms with Crippen LogP contribution in [-0.2, 0) is 26.9 Å². The molecule has 0 aliphatic heterocycles. The Balaban J connectivity index is 1.62. The van der Waals surface area contributed by atoms with Crippen LogP contribution in [0.15, 0.2) is 48.7 Å². The van der Waals surface area contributed by atoms with Gasteiger partial charge in [0.25, 0.3) is 11.6 Å². The molecular weight excluding hydrogens is 431 g/mol. The number of esters is 1. The second-order valence-electron chi connectivity index (χ2n) is 6.97. The Hall–Kier alpha value is -3.89.